The molecule has 234 valence electrons. The van der Waals surface area contributed by atoms with Crippen LogP contribution in [0.4, 0.5) is 16.4 Å². The number of H-pyrrole nitrogens is 1. The molecule has 11 heteroatoms. The largest absolute Gasteiger partial charge is 0.443 e. The van der Waals surface area contributed by atoms with Gasteiger partial charge in [-0.2, -0.15) is 0 Å². The van der Waals surface area contributed by atoms with Crippen molar-refractivity contribution in [1.82, 2.24) is 24.8 Å². The van der Waals surface area contributed by atoms with Gasteiger partial charge in [-0.3, -0.25) is 14.8 Å². The van der Waals surface area contributed by atoms with Gasteiger partial charge in [0.15, 0.2) is 0 Å². The highest BCUT2D eigenvalue weighted by Gasteiger charge is 2.33. The third-order valence-corrected chi connectivity index (χ3v) is 7.80. The van der Waals surface area contributed by atoms with Gasteiger partial charge in [0.05, 0.1) is 29.1 Å². The molecule has 0 unspecified atom stereocenters. The van der Waals surface area contributed by atoms with Gasteiger partial charge in [-0.25, -0.2) is 14.8 Å². The van der Waals surface area contributed by atoms with E-state index in [-0.39, 0.29) is 11.7 Å². The van der Waals surface area contributed by atoms with E-state index in [0.29, 0.717) is 29.4 Å². The quantitative estimate of drug-likeness (QED) is 0.121. The van der Waals surface area contributed by atoms with Crippen LogP contribution in [-0.2, 0) is 11.3 Å². The summed E-state index contributed by atoms with van der Waals surface area (Å²) in [6.45, 7) is 9.63. The van der Waals surface area contributed by atoms with Crippen LogP contribution in [0.1, 0.15) is 49.2 Å². The molecule has 3 aromatic heterocycles. The van der Waals surface area contributed by atoms with Crippen molar-refractivity contribution in [2.45, 2.75) is 46.8 Å². The predicted octanol–water partition coefficient (Wildman–Crippen LogP) is 6.86. The Hall–Kier alpha value is -5.71. The first-order chi connectivity index (χ1) is 21.9. The minimum atomic E-state index is -0.647. The summed E-state index contributed by atoms with van der Waals surface area (Å²) in [4.78, 5) is 41.2. The second-order valence-corrected chi connectivity index (χ2v) is 12.2. The maximum absolute atomic E-state index is 13.9. The number of nitrogens with zero attached hydrogens (tertiary/aromatic N) is 4. The summed E-state index contributed by atoms with van der Waals surface area (Å²) in [5, 5.41) is 15.1. The molecule has 1 aliphatic heterocycles. The van der Waals surface area contributed by atoms with Crippen molar-refractivity contribution in [2.75, 3.05) is 17.3 Å². The number of rotatable bonds is 6. The summed E-state index contributed by atoms with van der Waals surface area (Å²) in [6, 6.07) is 15.1. The Morgan fingerprint density at radius 2 is 1.85 bits per heavy atom. The van der Waals surface area contributed by atoms with Crippen LogP contribution in [0.5, 0.6) is 0 Å². The standard InChI is InChI=1S/C35H36N8O3/c1-20-17-39-33(40-29(36)16-21(2)37-6)41-30(20)25-18-38-31-23(25)11-8-13-28(31)43-19-26-22(10-7-12-24(26)32(43)44)27-14-9-15-42(27)34(45)46-35(3,4)5/h7-18,37-38H,19H2,1-6H3,(H2,36,39,40,41)/b21-16-. The molecule has 1 amide bonds. The molecule has 4 N–H and O–H groups in total. The molecule has 0 aliphatic carbocycles. The molecule has 0 saturated carbocycles. The highest BCUT2D eigenvalue weighted by molar-refractivity contribution is 6.15. The monoisotopic (exact) mass is 616 g/mol. The number of hydrogen-bond acceptors (Lipinski definition) is 7. The molecule has 0 fully saturated rings. The van der Waals surface area contributed by atoms with Crippen LogP contribution >= 0.6 is 0 Å². The maximum Gasteiger partial charge on any atom is 0.418 e. The normalized spacial score (nSPS) is 13.2. The zero-order valence-electron chi connectivity index (χ0n) is 26.6. The number of allylic oxidation sites excluding steroid dienone is 1. The molecular weight excluding hydrogens is 580 g/mol. The molecule has 0 atom stereocenters. The van der Waals surface area contributed by atoms with E-state index in [0.717, 1.165) is 44.5 Å². The van der Waals surface area contributed by atoms with E-state index < -0.39 is 11.7 Å². The lowest BCUT2D eigenvalue weighted by Crippen LogP contribution is -2.27. The van der Waals surface area contributed by atoms with Crippen LogP contribution in [0.15, 0.2) is 78.9 Å². The van der Waals surface area contributed by atoms with Crippen molar-refractivity contribution in [3.05, 3.63) is 95.6 Å². The molecule has 4 heterocycles. The minimum absolute atomic E-state index is 0.121. The number of anilines is 2. The van der Waals surface area contributed by atoms with Crippen molar-refractivity contribution in [3.8, 4) is 22.5 Å². The Labute approximate surface area is 266 Å². The third kappa shape index (κ3) is 5.63. The summed E-state index contributed by atoms with van der Waals surface area (Å²) in [5.74, 6) is 0.349. The minimum Gasteiger partial charge on any atom is -0.443 e. The summed E-state index contributed by atoms with van der Waals surface area (Å²) in [5.41, 5.74) is 7.04. The number of amidine groups is 1. The molecule has 6 rings (SSSR count). The summed E-state index contributed by atoms with van der Waals surface area (Å²) < 4.78 is 7.12. The Morgan fingerprint density at radius 3 is 2.61 bits per heavy atom. The lowest BCUT2D eigenvalue weighted by molar-refractivity contribution is 0.0540. The highest BCUT2D eigenvalue weighted by Crippen LogP contribution is 2.40. The van der Waals surface area contributed by atoms with Gasteiger partial charge in [-0.1, -0.05) is 24.3 Å². The Bertz CT molecular complexity index is 2050. The smallest absolute Gasteiger partial charge is 0.418 e. The average Bonchev–Trinajstić information content (AvgIpc) is 3.75. The molecule has 0 radical (unpaired) electrons. The van der Waals surface area contributed by atoms with Crippen LogP contribution in [-0.4, -0.2) is 50.0 Å². The number of para-hydroxylation sites is 1. The summed E-state index contributed by atoms with van der Waals surface area (Å²) in [7, 11) is 1.79. The van der Waals surface area contributed by atoms with E-state index in [9.17, 15) is 9.59 Å². The van der Waals surface area contributed by atoms with Gasteiger partial charge < -0.3 is 25.3 Å². The molecule has 0 bridgehead atoms. The van der Waals surface area contributed by atoms with Crippen molar-refractivity contribution >= 4 is 40.4 Å². The number of nitrogens with one attached hydrogen (secondary N) is 4. The van der Waals surface area contributed by atoms with E-state index in [1.807, 2.05) is 83.3 Å². The molecule has 0 spiro atoms. The van der Waals surface area contributed by atoms with Crippen LogP contribution in [0.25, 0.3) is 33.4 Å². The number of benzene rings is 2. The van der Waals surface area contributed by atoms with E-state index in [1.54, 1.807) is 36.5 Å². The number of aryl methyl sites for hydroxylation is 1. The molecule has 0 saturated heterocycles. The van der Waals surface area contributed by atoms with Crippen LogP contribution in [0.2, 0.25) is 0 Å². The van der Waals surface area contributed by atoms with Gasteiger partial charge in [0.1, 0.15) is 11.4 Å². The fourth-order valence-corrected chi connectivity index (χ4v) is 5.62. The van der Waals surface area contributed by atoms with Gasteiger partial charge in [0, 0.05) is 53.4 Å². The fourth-order valence-electron chi connectivity index (χ4n) is 5.62. The molecule has 11 nitrogen and oxygen atoms in total. The Morgan fingerprint density at radius 1 is 1.09 bits per heavy atom. The Kier molecular flexibility index (Phi) is 7.69. The third-order valence-electron chi connectivity index (χ3n) is 7.80. The number of carbonyl (C=O) groups is 2. The fraction of sp³-hybridized carbons (Fsp3) is 0.229. The van der Waals surface area contributed by atoms with Gasteiger partial charge in [0.2, 0.25) is 5.95 Å². The first-order valence-corrected chi connectivity index (χ1v) is 15.0. The van der Waals surface area contributed by atoms with Gasteiger partial charge >= 0.3 is 6.09 Å². The number of amides is 1. The number of fused-ring (bicyclic) bond motifs is 2. The molecule has 5 aromatic rings. The van der Waals surface area contributed by atoms with Crippen molar-refractivity contribution in [2.24, 2.45) is 0 Å². The Balaban J connectivity index is 1.35. The van der Waals surface area contributed by atoms with Gasteiger partial charge in [-0.05, 0) is 76.1 Å². The van der Waals surface area contributed by atoms with Crippen molar-refractivity contribution < 1.29 is 14.3 Å². The molecular formula is C35H36N8O3. The second kappa shape index (κ2) is 11.7. The maximum atomic E-state index is 13.9. The molecule has 46 heavy (non-hydrogen) atoms. The SMILES string of the molecule is CN/C(C)=C\C(=N)Nc1ncc(C)c(-c2c[nH]c3c(N4Cc5c(cccc5-c5cccn5C(=O)OC(C)(C)C)C4=O)cccc23)n1. The van der Waals surface area contributed by atoms with Gasteiger partial charge in [0.25, 0.3) is 5.91 Å². The lowest BCUT2D eigenvalue weighted by atomic mass is 10.0. The van der Waals surface area contributed by atoms with Crippen LogP contribution in [0.3, 0.4) is 0 Å². The van der Waals surface area contributed by atoms with Gasteiger partial charge in [-0.15, -0.1) is 0 Å². The van der Waals surface area contributed by atoms with Crippen molar-refractivity contribution in [1.29, 1.82) is 5.41 Å². The van der Waals surface area contributed by atoms with E-state index in [1.165, 1.54) is 4.57 Å². The number of aromatic amines is 1. The lowest BCUT2D eigenvalue weighted by Gasteiger charge is -2.21. The second-order valence-electron chi connectivity index (χ2n) is 12.2. The number of aromatic nitrogens is 4. The summed E-state index contributed by atoms with van der Waals surface area (Å²) >= 11 is 0. The molecule has 2 aromatic carbocycles. The first-order valence-electron chi connectivity index (χ1n) is 15.0. The predicted molar refractivity (Wildman–Crippen MR) is 180 cm³/mol. The van der Waals surface area contributed by atoms with E-state index >= 15 is 0 Å². The van der Waals surface area contributed by atoms with E-state index in [4.69, 9.17) is 15.1 Å². The summed E-state index contributed by atoms with van der Waals surface area (Å²) in [6.07, 6.45) is 6.47. The van der Waals surface area contributed by atoms with Crippen LogP contribution < -0.4 is 15.5 Å². The topological polar surface area (TPSA) is 141 Å². The number of carbonyl (C=O) groups excluding carboxylic acids is 2. The molecule has 1 aliphatic rings. The highest BCUT2D eigenvalue weighted by atomic mass is 16.6. The van der Waals surface area contributed by atoms with E-state index in [2.05, 4.69) is 20.6 Å². The first kappa shape index (κ1) is 30.3. The zero-order valence-corrected chi connectivity index (χ0v) is 26.6. The van der Waals surface area contributed by atoms with Crippen molar-refractivity contribution in [3.63, 3.8) is 0 Å². The average molecular weight is 617 g/mol. The number of hydrogen-bond donors (Lipinski definition) is 4. The number of ether oxygens (including phenoxy) is 1. The zero-order chi connectivity index (χ0) is 32.7. The van der Waals surface area contributed by atoms with Crippen LogP contribution in [0, 0.1) is 12.3 Å².